The number of rotatable bonds is 7. The molecule has 0 saturated carbocycles. The zero-order chi connectivity index (χ0) is 20.4. The van der Waals surface area contributed by atoms with Gasteiger partial charge >= 0.3 is 5.69 Å². The maximum atomic E-state index is 12.1. The molecule has 2 aromatic carbocycles. The normalized spacial score (nSPS) is 11.4. The van der Waals surface area contributed by atoms with Gasteiger partial charge in [0.05, 0.1) is 16.6 Å². The lowest BCUT2D eigenvalue weighted by Gasteiger charge is -2.15. The summed E-state index contributed by atoms with van der Waals surface area (Å²) in [7, 11) is 0. The van der Waals surface area contributed by atoms with Crippen LogP contribution >= 0.6 is 0 Å². The number of para-hydroxylation sites is 1. The Kier molecular flexibility index (Phi) is 5.20. The van der Waals surface area contributed by atoms with Crippen LogP contribution in [-0.4, -0.2) is 26.1 Å². The summed E-state index contributed by atoms with van der Waals surface area (Å²) in [6.07, 6.45) is 1.56. The molecular formula is C22H26N6O. The Hall–Kier alpha value is -3.35. The standard InChI is InChI=1S/C22H26N6O/c1-4-28-20-10-18-16(9-19(20)27-22(28)29)21(26-13-25-18)24-12-15-7-5-6-8-17(15)23-11-14(2)3/h5-10,13-14,23H,4,11-12H2,1-3H3,(H,27,29)(H,24,25,26). The van der Waals surface area contributed by atoms with E-state index in [0.29, 0.717) is 19.0 Å². The minimum atomic E-state index is -0.106. The van der Waals surface area contributed by atoms with Crippen molar-refractivity contribution in [3.63, 3.8) is 0 Å². The highest BCUT2D eigenvalue weighted by atomic mass is 16.1. The summed E-state index contributed by atoms with van der Waals surface area (Å²) in [6.45, 7) is 8.51. The summed E-state index contributed by atoms with van der Waals surface area (Å²) in [5, 5.41) is 7.84. The summed E-state index contributed by atoms with van der Waals surface area (Å²) >= 11 is 0. The third-order valence-corrected chi connectivity index (χ3v) is 5.01. The Bertz CT molecular complexity index is 1210. The van der Waals surface area contributed by atoms with E-state index in [1.54, 1.807) is 10.9 Å². The van der Waals surface area contributed by atoms with Gasteiger partial charge in [0.25, 0.3) is 0 Å². The first kappa shape index (κ1) is 19.0. The molecule has 0 amide bonds. The van der Waals surface area contributed by atoms with E-state index in [1.165, 1.54) is 5.56 Å². The molecule has 0 aliphatic rings. The van der Waals surface area contributed by atoms with Gasteiger partial charge in [0.15, 0.2) is 0 Å². The highest BCUT2D eigenvalue weighted by molar-refractivity contribution is 5.98. The van der Waals surface area contributed by atoms with E-state index in [0.717, 1.165) is 40.0 Å². The molecule has 0 aliphatic carbocycles. The van der Waals surface area contributed by atoms with Crippen LogP contribution < -0.4 is 16.3 Å². The first-order chi connectivity index (χ1) is 14.1. The predicted molar refractivity (Wildman–Crippen MR) is 118 cm³/mol. The lowest BCUT2D eigenvalue weighted by molar-refractivity contribution is 0.688. The molecule has 2 aromatic heterocycles. The molecule has 29 heavy (non-hydrogen) atoms. The molecule has 0 radical (unpaired) electrons. The third-order valence-electron chi connectivity index (χ3n) is 5.01. The maximum absolute atomic E-state index is 12.1. The van der Waals surface area contributed by atoms with Gasteiger partial charge in [-0.2, -0.15) is 0 Å². The van der Waals surface area contributed by atoms with Crippen LogP contribution in [-0.2, 0) is 13.1 Å². The summed E-state index contributed by atoms with van der Waals surface area (Å²) in [6, 6.07) is 12.2. The van der Waals surface area contributed by atoms with Crippen LogP contribution in [0.4, 0.5) is 11.5 Å². The molecule has 0 unspecified atom stereocenters. The van der Waals surface area contributed by atoms with Gasteiger partial charge in [-0.15, -0.1) is 0 Å². The number of aryl methyl sites for hydroxylation is 1. The number of hydrogen-bond acceptors (Lipinski definition) is 5. The van der Waals surface area contributed by atoms with Crippen molar-refractivity contribution in [1.29, 1.82) is 0 Å². The highest BCUT2D eigenvalue weighted by Crippen LogP contribution is 2.25. The number of aromatic nitrogens is 4. The number of anilines is 2. The van der Waals surface area contributed by atoms with E-state index in [4.69, 9.17) is 0 Å². The second-order valence-corrected chi connectivity index (χ2v) is 7.57. The monoisotopic (exact) mass is 390 g/mol. The number of benzene rings is 2. The summed E-state index contributed by atoms with van der Waals surface area (Å²) in [5.41, 5.74) is 4.65. The van der Waals surface area contributed by atoms with Crippen molar-refractivity contribution in [2.45, 2.75) is 33.9 Å². The molecule has 0 bridgehead atoms. The SMILES string of the molecule is CCn1c(=O)[nH]c2cc3c(NCc4ccccc4NCC(C)C)ncnc3cc21. The smallest absolute Gasteiger partial charge is 0.326 e. The topological polar surface area (TPSA) is 87.6 Å². The number of hydrogen-bond donors (Lipinski definition) is 3. The number of fused-ring (bicyclic) bond motifs is 2. The average Bonchev–Trinajstić information content (AvgIpc) is 3.03. The fourth-order valence-electron chi connectivity index (χ4n) is 3.50. The van der Waals surface area contributed by atoms with Crippen LogP contribution in [0, 0.1) is 5.92 Å². The van der Waals surface area contributed by atoms with E-state index in [-0.39, 0.29) is 5.69 Å². The number of imidazole rings is 1. The van der Waals surface area contributed by atoms with Gasteiger partial charge in [0.2, 0.25) is 0 Å². The molecule has 4 aromatic rings. The summed E-state index contributed by atoms with van der Waals surface area (Å²) in [4.78, 5) is 23.9. The van der Waals surface area contributed by atoms with Gasteiger partial charge in [-0.3, -0.25) is 4.57 Å². The fraction of sp³-hybridized carbons (Fsp3) is 0.318. The fourth-order valence-corrected chi connectivity index (χ4v) is 3.50. The van der Waals surface area contributed by atoms with Gasteiger partial charge in [0.1, 0.15) is 12.1 Å². The number of H-pyrrole nitrogens is 1. The Morgan fingerprint density at radius 2 is 1.97 bits per heavy atom. The zero-order valence-electron chi connectivity index (χ0n) is 17.0. The molecular weight excluding hydrogens is 364 g/mol. The molecule has 150 valence electrons. The van der Waals surface area contributed by atoms with Crippen molar-refractivity contribution in [3.05, 3.63) is 58.8 Å². The Morgan fingerprint density at radius 1 is 1.14 bits per heavy atom. The lowest BCUT2D eigenvalue weighted by Crippen LogP contribution is -2.14. The van der Waals surface area contributed by atoms with Crippen LogP contribution in [0.25, 0.3) is 21.9 Å². The average molecular weight is 390 g/mol. The largest absolute Gasteiger partial charge is 0.385 e. The molecule has 2 heterocycles. The number of nitrogens with zero attached hydrogens (tertiary/aromatic N) is 3. The van der Waals surface area contributed by atoms with E-state index >= 15 is 0 Å². The number of aromatic amines is 1. The Balaban J connectivity index is 1.65. The first-order valence-corrected chi connectivity index (χ1v) is 9.99. The molecule has 7 heteroatoms. The van der Waals surface area contributed by atoms with Crippen LogP contribution in [0.5, 0.6) is 0 Å². The van der Waals surface area contributed by atoms with Crippen molar-refractivity contribution in [2.75, 3.05) is 17.2 Å². The number of nitrogens with one attached hydrogen (secondary N) is 3. The van der Waals surface area contributed by atoms with Gasteiger partial charge in [-0.1, -0.05) is 32.0 Å². The van der Waals surface area contributed by atoms with E-state index < -0.39 is 0 Å². The van der Waals surface area contributed by atoms with E-state index in [9.17, 15) is 4.79 Å². The molecule has 0 aliphatic heterocycles. The van der Waals surface area contributed by atoms with Crippen molar-refractivity contribution in [2.24, 2.45) is 5.92 Å². The Labute approximate surface area is 169 Å². The summed E-state index contributed by atoms with van der Waals surface area (Å²) in [5.74, 6) is 1.32. The Morgan fingerprint density at radius 3 is 2.76 bits per heavy atom. The second-order valence-electron chi connectivity index (χ2n) is 7.57. The van der Waals surface area contributed by atoms with Gasteiger partial charge in [0, 0.05) is 30.7 Å². The van der Waals surface area contributed by atoms with Crippen molar-refractivity contribution >= 4 is 33.4 Å². The molecule has 0 saturated heterocycles. The minimum Gasteiger partial charge on any atom is -0.385 e. The summed E-state index contributed by atoms with van der Waals surface area (Å²) < 4.78 is 1.71. The quantitative estimate of drug-likeness (QED) is 0.444. The van der Waals surface area contributed by atoms with Crippen molar-refractivity contribution < 1.29 is 0 Å². The molecule has 0 fully saturated rings. The lowest BCUT2D eigenvalue weighted by atomic mass is 10.1. The van der Waals surface area contributed by atoms with Crippen LogP contribution in [0.3, 0.4) is 0 Å². The van der Waals surface area contributed by atoms with Crippen LogP contribution in [0.1, 0.15) is 26.3 Å². The predicted octanol–water partition coefficient (Wildman–Crippen LogP) is 3.97. The third kappa shape index (κ3) is 3.81. The second kappa shape index (κ2) is 7.95. The minimum absolute atomic E-state index is 0.106. The first-order valence-electron chi connectivity index (χ1n) is 9.99. The van der Waals surface area contributed by atoms with Crippen molar-refractivity contribution in [1.82, 2.24) is 19.5 Å². The van der Waals surface area contributed by atoms with Crippen LogP contribution in [0.15, 0.2) is 47.5 Å². The molecule has 3 N–H and O–H groups in total. The van der Waals surface area contributed by atoms with E-state index in [1.807, 2.05) is 31.2 Å². The van der Waals surface area contributed by atoms with Crippen LogP contribution in [0.2, 0.25) is 0 Å². The molecule has 0 atom stereocenters. The van der Waals surface area contributed by atoms with Gasteiger partial charge in [-0.25, -0.2) is 14.8 Å². The molecule has 4 rings (SSSR count). The van der Waals surface area contributed by atoms with E-state index in [2.05, 4.69) is 51.6 Å². The van der Waals surface area contributed by atoms with Gasteiger partial charge < -0.3 is 15.6 Å². The highest BCUT2D eigenvalue weighted by Gasteiger charge is 2.11. The molecule has 0 spiro atoms. The van der Waals surface area contributed by atoms with Gasteiger partial charge in [-0.05, 0) is 36.6 Å². The zero-order valence-corrected chi connectivity index (χ0v) is 17.0. The van der Waals surface area contributed by atoms with Crippen molar-refractivity contribution in [3.8, 4) is 0 Å². The maximum Gasteiger partial charge on any atom is 0.326 e. The molecule has 7 nitrogen and oxygen atoms in total.